The van der Waals surface area contributed by atoms with Crippen LogP contribution in [0.15, 0.2) is 17.8 Å². The molecule has 0 aliphatic heterocycles. The van der Waals surface area contributed by atoms with E-state index >= 15 is 0 Å². The summed E-state index contributed by atoms with van der Waals surface area (Å²) in [4.78, 5) is 4.63. The van der Waals surface area contributed by atoms with Gasteiger partial charge in [-0.3, -0.25) is 4.68 Å². The fraction of sp³-hybridized carbons (Fsp3) is 0.538. The normalized spacial score (nSPS) is 12.0. The van der Waals surface area contributed by atoms with Crippen LogP contribution in [0.5, 0.6) is 0 Å². The summed E-state index contributed by atoms with van der Waals surface area (Å²) in [6.45, 7) is 10.3. The van der Waals surface area contributed by atoms with Gasteiger partial charge >= 0.3 is 0 Å². The first-order valence-electron chi connectivity index (χ1n) is 6.20. The summed E-state index contributed by atoms with van der Waals surface area (Å²) < 4.78 is 1.92. The molecule has 0 fully saturated rings. The molecule has 0 atom stereocenters. The number of hydrogen-bond acceptors (Lipinski definition) is 4. The third-order valence-electron chi connectivity index (χ3n) is 2.57. The first-order valence-corrected chi connectivity index (χ1v) is 7.08. The number of thiazole rings is 1. The maximum atomic E-state index is 4.63. The Hall–Kier alpha value is -1.20. The third kappa shape index (κ3) is 3.40. The Bertz CT molecular complexity index is 507. The zero-order valence-corrected chi connectivity index (χ0v) is 12.2. The molecule has 0 saturated heterocycles. The van der Waals surface area contributed by atoms with Gasteiger partial charge in [-0.1, -0.05) is 0 Å². The molecule has 2 aromatic rings. The number of rotatable bonds is 4. The Morgan fingerprint density at radius 1 is 1.39 bits per heavy atom. The standard InChI is InChI=1S/C13H20N4S/c1-5-17-8-10(6-15-17)11-9-18-12(16-11)7-14-13(2,3)4/h6,8-9,14H,5,7H2,1-4H3. The van der Waals surface area contributed by atoms with Gasteiger partial charge in [0, 0.05) is 35.8 Å². The van der Waals surface area contributed by atoms with Gasteiger partial charge < -0.3 is 5.32 Å². The highest BCUT2D eigenvalue weighted by Crippen LogP contribution is 2.21. The van der Waals surface area contributed by atoms with Crippen molar-refractivity contribution in [3.63, 3.8) is 0 Å². The fourth-order valence-corrected chi connectivity index (χ4v) is 2.28. The van der Waals surface area contributed by atoms with E-state index in [1.165, 1.54) is 0 Å². The zero-order chi connectivity index (χ0) is 13.2. The van der Waals surface area contributed by atoms with Gasteiger partial charge in [-0.05, 0) is 27.7 Å². The fourth-order valence-electron chi connectivity index (χ4n) is 1.53. The highest BCUT2D eigenvalue weighted by molar-refractivity contribution is 7.09. The minimum atomic E-state index is 0.124. The molecule has 2 aromatic heterocycles. The highest BCUT2D eigenvalue weighted by atomic mass is 32.1. The minimum Gasteiger partial charge on any atom is -0.306 e. The molecular formula is C13H20N4S. The van der Waals surface area contributed by atoms with E-state index in [1.54, 1.807) is 11.3 Å². The lowest BCUT2D eigenvalue weighted by atomic mass is 10.1. The van der Waals surface area contributed by atoms with E-state index in [-0.39, 0.29) is 5.54 Å². The Morgan fingerprint density at radius 3 is 2.78 bits per heavy atom. The predicted molar refractivity (Wildman–Crippen MR) is 75.6 cm³/mol. The van der Waals surface area contributed by atoms with Crippen molar-refractivity contribution in [3.8, 4) is 11.3 Å². The van der Waals surface area contributed by atoms with E-state index in [2.05, 4.69) is 48.5 Å². The molecule has 0 radical (unpaired) electrons. The van der Waals surface area contributed by atoms with Gasteiger partial charge in [-0.25, -0.2) is 4.98 Å². The average Bonchev–Trinajstić information content (AvgIpc) is 2.94. The molecule has 0 aliphatic rings. The molecule has 4 nitrogen and oxygen atoms in total. The summed E-state index contributed by atoms with van der Waals surface area (Å²) in [5.41, 5.74) is 2.24. The second kappa shape index (κ2) is 5.20. The number of aryl methyl sites for hydroxylation is 1. The Kier molecular flexibility index (Phi) is 3.82. The number of hydrogen-bond donors (Lipinski definition) is 1. The van der Waals surface area contributed by atoms with Crippen molar-refractivity contribution in [3.05, 3.63) is 22.8 Å². The summed E-state index contributed by atoms with van der Waals surface area (Å²) >= 11 is 1.69. The molecule has 2 heterocycles. The average molecular weight is 264 g/mol. The second-order valence-corrected chi connectivity index (χ2v) is 6.26. The molecule has 0 amide bonds. The van der Waals surface area contributed by atoms with Crippen LogP contribution in [-0.2, 0) is 13.1 Å². The molecular weight excluding hydrogens is 244 g/mol. The van der Waals surface area contributed by atoms with Crippen LogP contribution in [0.1, 0.15) is 32.7 Å². The van der Waals surface area contributed by atoms with Crippen LogP contribution >= 0.6 is 11.3 Å². The maximum absolute atomic E-state index is 4.63. The second-order valence-electron chi connectivity index (χ2n) is 5.31. The Balaban J connectivity index is 2.06. The highest BCUT2D eigenvalue weighted by Gasteiger charge is 2.11. The van der Waals surface area contributed by atoms with Crippen LogP contribution in [0.25, 0.3) is 11.3 Å². The zero-order valence-electron chi connectivity index (χ0n) is 11.4. The van der Waals surface area contributed by atoms with Crippen LogP contribution < -0.4 is 5.32 Å². The van der Waals surface area contributed by atoms with Crippen molar-refractivity contribution < 1.29 is 0 Å². The van der Waals surface area contributed by atoms with Crippen LogP contribution in [-0.4, -0.2) is 20.3 Å². The largest absolute Gasteiger partial charge is 0.306 e. The molecule has 0 saturated carbocycles. The van der Waals surface area contributed by atoms with Gasteiger partial charge in [-0.2, -0.15) is 5.10 Å². The van der Waals surface area contributed by atoms with Crippen LogP contribution in [0.3, 0.4) is 0 Å². The number of aromatic nitrogens is 3. The van der Waals surface area contributed by atoms with Gasteiger partial charge in [0.05, 0.1) is 11.9 Å². The van der Waals surface area contributed by atoms with Crippen LogP contribution in [0.2, 0.25) is 0 Å². The van der Waals surface area contributed by atoms with Gasteiger partial charge in [0.15, 0.2) is 0 Å². The number of nitrogens with zero attached hydrogens (tertiary/aromatic N) is 3. The predicted octanol–water partition coefficient (Wildman–Crippen LogP) is 2.91. The van der Waals surface area contributed by atoms with Crippen molar-refractivity contribution in [2.75, 3.05) is 0 Å². The lowest BCUT2D eigenvalue weighted by molar-refractivity contribution is 0.424. The summed E-state index contributed by atoms with van der Waals surface area (Å²) in [7, 11) is 0. The molecule has 98 valence electrons. The Morgan fingerprint density at radius 2 is 2.17 bits per heavy atom. The molecule has 1 N–H and O–H groups in total. The van der Waals surface area contributed by atoms with E-state index in [1.807, 2.05) is 17.1 Å². The molecule has 18 heavy (non-hydrogen) atoms. The van der Waals surface area contributed by atoms with Crippen LogP contribution in [0, 0.1) is 0 Å². The van der Waals surface area contributed by atoms with E-state index in [9.17, 15) is 0 Å². The van der Waals surface area contributed by atoms with Crippen molar-refractivity contribution >= 4 is 11.3 Å². The molecule has 0 bridgehead atoms. The van der Waals surface area contributed by atoms with E-state index in [4.69, 9.17) is 0 Å². The summed E-state index contributed by atoms with van der Waals surface area (Å²) in [6.07, 6.45) is 3.91. The quantitative estimate of drug-likeness (QED) is 0.923. The van der Waals surface area contributed by atoms with E-state index in [0.29, 0.717) is 0 Å². The van der Waals surface area contributed by atoms with Gasteiger partial charge in [0.25, 0.3) is 0 Å². The molecule has 0 unspecified atom stereocenters. The van der Waals surface area contributed by atoms with Crippen LogP contribution in [0.4, 0.5) is 0 Å². The first-order chi connectivity index (χ1) is 8.48. The lowest BCUT2D eigenvalue weighted by Gasteiger charge is -2.19. The molecule has 5 heteroatoms. The summed E-state index contributed by atoms with van der Waals surface area (Å²) in [6, 6.07) is 0. The topological polar surface area (TPSA) is 42.7 Å². The molecule has 0 aromatic carbocycles. The van der Waals surface area contributed by atoms with Gasteiger partial charge in [0.1, 0.15) is 5.01 Å². The van der Waals surface area contributed by atoms with E-state index < -0.39 is 0 Å². The van der Waals surface area contributed by atoms with E-state index in [0.717, 1.165) is 29.4 Å². The van der Waals surface area contributed by atoms with Crippen molar-refractivity contribution in [1.29, 1.82) is 0 Å². The molecule has 2 rings (SSSR count). The number of nitrogens with one attached hydrogen (secondary N) is 1. The summed E-state index contributed by atoms with van der Waals surface area (Å²) in [5, 5.41) is 10.9. The molecule has 0 aliphatic carbocycles. The third-order valence-corrected chi connectivity index (χ3v) is 3.42. The summed E-state index contributed by atoms with van der Waals surface area (Å²) in [5.74, 6) is 0. The SMILES string of the molecule is CCn1cc(-c2csc(CNC(C)(C)C)n2)cn1. The minimum absolute atomic E-state index is 0.124. The molecule has 0 spiro atoms. The van der Waals surface area contributed by atoms with Crippen molar-refractivity contribution in [2.24, 2.45) is 0 Å². The monoisotopic (exact) mass is 264 g/mol. The Labute approximate surface area is 112 Å². The van der Waals surface area contributed by atoms with Gasteiger partial charge in [0.2, 0.25) is 0 Å². The smallest absolute Gasteiger partial charge is 0.107 e. The van der Waals surface area contributed by atoms with Crippen molar-refractivity contribution in [2.45, 2.75) is 46.3 Å². The first kappa shape index (κ1) is 13.2. The maximum Gasteiger partial charge on any atom is 0.107 e. The van der Waals surface area contributed by atoms with Gasteiger partial charge in [-0.15, -0.1) is 11.3 Å². The van der Waals surface area contributed by atoms with Crippen molar-refractivity contribution in [1.82, 2.24) is 20.1 Å². The lowest BCUT2D eigenvalue weighted by Crippen LogP contribution is -2.34.